The molecule has 0 saturated carbocycles. The third kappa shape index (κ3) is 4.21. The van der Waals surface area contributed by atoms with Crippen LogP contribution in [0.1, 0.15) is 16.1 Å². The first-order valence-corrected chi connectivity index (χ1v) is 11.2. The number of nitrogens with one attached hydrogen (secondary N) is 1. The van der Waals surface area contributed by atoms with Crippen molar-refractivity contribution in [2.24, 2.45) is 0 Å². The van der Waals surface area contributed by atoms with E-state index in [1.165, 1.54) is 12.1 Å². The van der Waals surface area contributed by atoms with E-state index in [2.05, 4.69) is 20.7 Å². The minimum atomic E-state index is -3.40. The second-order valence-corrected chi connectivity index (χ2v) is 9.03. The van der Waals surface area contributed by atoms with E-state index in [0.717, 1.165) is 6.26 Å². The first-order valence-electron chi connectivity index (χ1n) is 8.90. The summed E-state index contributed by atoms with van der Waals surface area (Å²) in [7, 11) is -3.40. The molecule has 0 aliphatic carbocycles. The lowest BCUT2D eigenvalue weighted by atomic mass is 10.1. The van der Waals surface area contributed by atoms with Crippen molar-refractivity contribution in [2.45, 2.75) is 11.8 Å². The van der Waals surface area contributed by atoms with Gasteiger partial charge in [0.2, 0.25) is 5.89 Å². The molecule has 1 N–H and O–H groups in total. The lowest BCUT2D eigenvalue weighted by Gasteiger charge is -2.04. The Morgan fingerprint density at radius 1 is 1.10 bits per heavy atom. The number of aromatic nitrogens is 3. The second kappa shape index (κ2) is 7.97. The van der Waals surface area contributed by atoms with Crippen molar-refractivity contribution < 1.29 is 22.2 Å². The van der Waals surface area contributed by atoms with Crippen LogP contribution in [0.3, 0.4) is 0 Å². The highest BCUT2D eigenvalue weighted by atomic mass is 35.5. The van der Waals surface area contributed by atoms with Crippen LogP contribution in [0.5, 0.6) is 0 Å². The summed E-state index contributed by atoms with van der Waals surface area (Å²) in [6, 6.07) is 12.8. The molecule has 158 valence electrons. The number of aryl methyl sites for hydroxylation is 1. The van der Waals surface area contributed by atoms with Crippen molar-refractivity contribution in [3.8, 4) is 22.7 Å². The van der Waals surface area contributed by atoms with Gasteiger partial charge < -0.3 is 8.94 Å². The molecule has 0 radical (unpaired) electrons. The highest BCUT2D eigenvalue weighted by molar-refractivity contribution is 7.90. The Kier molecular flexibility index (Phi) is 5.34. The molecule has 0 aliphatic rings. The van der Waals surface area contributed by atoms with Gasteiger partial charge in [-0.05, 0) is 31.2 Å². The van der Waals surface area contributed by atoms with Crippen molar-refractivity contribution in [3.63, 3.8) is 0 Å². The van der Waals surface area contributed by atoms with Crippen molar-refractivity contribution in [2.75, 3.05) is 11.6 Å². The van der Waals surface area contributed by atoms with Gasteiger partial charge >= 0.3 is 6.01 Å². The maximum absolute atomic E-state index is 12.9. The summed E-state index contributed by atoms with van der Waals surface area (Å²) in [4.78, 5) is 13.0. The largest absolute Gasteiger partial charge is 0.403 e. The number of rotatable bonds is 5. The number of carbonyl (C=O) groups excluding carboxylic acids is 1. The normalized spacial score (nSPS) is 11.5. The first kappa shape index (κ1) is 20.8. The monoisotopic (exact) mass is 458 g/mol. The number of carbonyl (C=O) groups is 1. The Morgan fingerprint density at radius 2 is 1.87 bits per heavy atom. The highest BCUT2D eigenvalue weighted by Crippen LogP contribution is 2.31. The summed E-state index contributed by atoms with van der Waals surface area (Å²) in [5, 5.41) is 14.6. The quantitative estimate of drug-likeness (QED) is 0.475. The number of amides is 1. The van der Waals surface area contributed by atoms with E-state index < -0.39 is 15.7 Å². The van der Waals surface area contributed by atoms with E-state index in [1.807, 2.05) is 0 Å². The van der Waals surface area contributed by atoms with Gasteiger partial charge in [0.25, 0.3) is 5.91 Å². The zero-order chi connectivity index (χ0) is 22.2. The van der Waals surface area contributed by atoms with Crippen LogP contribution in [0.25, 0.3) is 22.7 Å². The number of anilines is 1. The van der Waals surface area contributed by atoms with Gasteiger partial charge in [0.1, 0.15) is 17.0 Å². The molecule has 2 heterocycles. The van der Waals surface area contributed by atoms with Crippen LogP contribution in [0.4, 0.5) is 6.01 Å². The molecule has 9 nitrogen and oxygen atoms in total. The molecule has 0 atom stereocenters. The Hall–Kier alpha value is -3.50. The van der Waals surface area contributed by atoms with Crippen LogP contribution in [0.2, 0.25) is 5.02 Å². The van der Waals surface area contributed by atoms with Crippen molar-refractivity contribution in [1.29, 1.82) is 0 Å². The molecule has 0 saturated heterocycles. The number of halogens is 1. The fourth-order valence-electron chi connectivity index (χ4n) is 2.89. The van der Waals surface area contributed by atoms with E-state index in [4.69, 9.17) is 20.5 Å². The molecule has 4 aromatic rings. The number of hydrogen-bond acceptors (Lipinski definition) is 8. The van der Waals surface area contributed by atoms with Crippen LogP contribution in [0.15, 0.2) is 62.4 Å². The Bertz CT molecular complexity index is 1390. The van der Waals surface area contributed by atoms with Crippen molar-refractivity contribution >= 4 is 33.4 Å². The topological polar surface area (TPSA) is 128 Å². The number of sulfone groups is 1. The van der Waals surface area contributed by atoms with Crippen LogP contribution in [0, 0.1) is 6.92 Å². The van der Waals surface area contributed by atoms with Crippen molar-refractivity contribution in [1.82, 2.24) is 15.4 Å². The molecule has 31 heavy (non-hydrogen) atoms. The van der Waals surface area contributed by atoms with E-state index in [0.29, 0.717) is 16.1 Å². The third-order valence-corrected chi connectivity index (χ3v) is 5.81. The first-order chi connectivity index (χ1) is 14.7. The van der Waals surface area contributed by atoms with Gasteiger partial charge in [-0.15, -0.1) is 5.10 Å². The molecule has 0 fully saturated rings. The van der Waals surface area contributed by atoms with Crippen LogP contribution < -0.4 is 5.32 Å². The standard InChI is InChI=1S/C20H15ClN4O5S/c1-11-16(17(25-30-11)14-8-3-4-9-15(14)21)18(26)22-20-24-23-19(29-20)12-6-5-7-13(10-12)31(2,27)28/h3-10H,1-2H3,(H,22,24,26). The van der Waals surface area contributed by atoms with Gasteiger partial charge in [-0.25, -0.2) is 8.42 Å². The molecule has 11 heteroatoms. The lowest BCUT2D eigenvalue weighted by molar-refractivity contribution is 0.102. The van der Waals surface area contributed by atoms with Crippen LogP contribution in [-0.2, 0) is 9.84 Å². The number of hydrogen-bond donors (Lipinski definition) is 1. The Balaban J connectivity index is 1.62. The summed E-state index contributed by atoms with van der Waals surface area (Å²) in [6.45, 7) is 1.60. The third-order valence-electron chi connectivity index (χ3n) is 4.37. The van der Waals surface area contributed by atoms with Crippen LogP contribution >= 0.6 is 11.6 Å². The predicted molar refractivity (Wildman–Crippen MR) is 112 cm³/mol. The molecular formula is C20H15ClN4O5S. The lowest BCUT2D eigenvalue weighted by Crippen LogP contribution is -2.13. The summed E-state index contributed by atoms with van der Waals surface area (Å²) < 4.78 is 34.2. The second-order valence-electron chi connectivity index (χ2n) is 6.61. The zero-order valence-electron chi connectivity index (χ0n) is 16.3. The van der Waals surface area contributed by atoms with Gasteiger partial charge in [0.05, 0.1) is 9.92 Å². The Morgan fingerprint density at radius 3 is 2.61 bits per heavy atom. The van der Waals surface area contributed by atoms with Crippen molar-refractivity contribution in [3.05, 3.63) is 64.9 Å². The summed E-state index contributed by atoms with van der Waals surface area (Å²) in [5.74, 6) is -0.240. The fraction of sp³-hybridized carbons (Fsp3) is 0.100. The minimum Gasteiger partial charge on any atom is -0.403 e. The van der Waals surface area contributed by atoms with Gasteiger partial charge in [-0.1, -0.05) is 46.1 Å². The average Bonchev–Trinajstić information content (AvgIpc) is 3.34. The SMILES string of the molecule is Cc1onc(-c2ccccc2Cl)c1C(=O)Nc1nnc(-c2cccc(S(C)(=O)=O)c2)o1. The molecule has 0 aliphatic heterocycles. The molecule has 2 aromatic carbocycles. The molecule has 0 spiro atoms. The molecule has 4 rings (SSSR count). The summed E-state index contributed by atoms with van der Waals surface area (Å²) >= 11 is 6.22. The highest BCUT2D eigenvalue weighted by Gasteiger charge is 2.24. The van der Waals surface area contributed by atoms with Gasteiger partial charge in [0.15, 0.2) is 9.84 Å². The smallest absolute Gasteiger partial charge is 0.322 e. The van der Waals surface area contributed by atoms with E-state index in [1.54, 1.807) is 43.3 Å². The summed E-state index contributed by atoms with van der Waals surface area (Å²) in [5.41, 5.74) is 1.39. The zero-order valence-corrected chi connectivity index (χ0v) is 17.9. The maximum atomic E-state index is 12.9. The molecule has 2 aromatic heterocycles. The molecular weight excluding hydrogens is 444 g/mol. The fourth-order valence-corrected chi connectivity index (χ4v) is 3.78. The average molecular weight is 459 g/mol. The minimum absolute atomic E-state index is 0.0502. The predicted octanol–water partition coefficient (Wildman–Crippen LogP) is 4.01. The van der Waals surface area contributed by atoms with E-state index in [-0.39, 0.29) is 33.8 Å². The number of nitrogens with zero attached hydrogens (tertiary/aromatic N) is 3. The van der Waals surface area contributed by atoms with Gasteiger partial charge in [-0.3, -0.25) is 10.1 Å². The molecule has 0 bridgehead atoms. The van der Waals surface area contributed by atoms with E-state index in [9.17, 15) is 13.2 Å². The van der Waals surface area contributed by atoms with Crippen LogP contribution in [-0.4, -0.2) is 35.9 Å². The summed E-state index contributed by atoms with van der Waals surface area (Å²) in [6.07, 6.45) is 1.10. The molecule has 1 amide bonds. The van der Waals surface area contributed by atoms with Gasteiger partial charge in [-0.2, -0.15) is 0 Å². The van der Waals surface area contributed by atoms with Gasteiger partial charge in [0, 0.05) is 17.4 Å². The molecule has 0 unspecified atom stereocenters. The Labute approximate surface area is 182 Å². The maximum Gasteiger partial charge on any atom is 0.322 e. The van der Waals surface area contributed by atoms with E-state index >= 15 is 0 Å². The number of benzene rings is 2.